The number of benzene rings is 1. The molecule has 92 valence electrons. The van der Waals surface area contributed by atoms with E-state index < -0.39 is 0 Å². The van der Waals surface area contributed by atoms with Gasteiger partial charge in [-0.1, -0.05) is 6.07 Å². The minimum atomic E-state index is 1.18. The molecular weight excluding hydrogens is 228 g/mol. The molecule has 3 heteroatoms. The highest BCUT2D eigenvalue weighted by atomic mass is 32.2. The lowest BCUT2D eigenvalue weighted by Crippen LogP contribution is -2.44. The van der Waals surface area contributed by atoms with E-state index >= 15 is 0 Å². The summed E-state index contributed by atoms with van der Waals surface area (Å²) >= 11 is 2.06. The summed E-state index contributed by atoms with van der Waals surface area (Å²) < 4.78 is 0. The zero-order valence-electron chi connectivity index (χ0n) is 10.7. The number of fused-ring (bicyclic) bond motifs is 1. The van der Waals surface area contributed by atoms with Crippen LogP contribution in [0.1, 0.15) is 16.7 Å². The lowest BCUT2D eigenvalue weighted by atomic mass is 10.0. The van der Waals surface area contributed by atoms with E-state index in [-0.39, 0.29) is 0 Å². The Kier molecular flexibility index (Phi) is 3.05. The first-order valence-corrected chi connectivity index (χ1v) is 7.54. The van der Waals surface area contributed by atoms with E-state index in [0.717, 1.165) is 0 Å². The average Bonchev–Trinajstić information content (AvgIpc) is 2.81. The van der Waals surface area contributed by atoms with Crippen molar-refractivity contribution in [2.75, 3.05) is 38.1 Å². The molecule has 0 saturated carbocycles. The maximum absolute atomic E-state index is 2.57. The number of rotatable bonds is 1. The summed E-state index contributed by atoms with van der Waals surface area (Å²) in [5.41, 5.74) is 6.19. The van der Waals surface area contributed by atoms with Crippen molar-refractivity contribution in [3.63, 3.8) is 0 Å². The summed E-state index contributed by atoms with van der Waals surface area (Å²) in [6.07, 6.45) is 0. The van der Waals surface area contributed by atoms with Crippen molar-refractivity contribution in [3.05, 3.63) is 28.8 Å². The molecule has 0 amide bonds. The predicted octanol–water partition coefficient (Wildman–Crippen LogP) is 2.49. The van der Waals surface area contributed by atoms with E-state index in [9.17, 15) is 0 Å². The molecule has 2 aliphatic heterocycles. The van der Waals surface area contributed by atoms with Crippen LogP contribution < -0.4 is 4.90 Å². The first kappa shape index (κ1) is 11.4. The maximum Gasteiger partial charge on any atom is 0.0411 e. The number of hydrogen-bond donors (Lipinski definition) is 0. The first-order valence-electron chi connectivity index (χ1n) is 6.38. The van der Waals surface area contributed by atoms with Gasteiger partial charge in [-0.25, -0.2) is 0 Å². The molecule has 2 aliphatic rings. The number of hydrogen-bond acceptors (Lipinski definition) is 3. The molecule has 1 aromatic rings. The highest BCUT2D eigenvalue weighted by molar-refractivity contribution is 7.98. The molecule has 3 rings (SSSR count). The van der Waals surface area contributed by atoms with Crippen molar-refractivity contribution in [3.8, 4) is 0 Å². The minimum Gasteiger partial charge on any atom is -0.369 e. The Bertz CT molecular complexity index is 422. The lowest BCUT2D eigenvalue weighted by Gasteiger charge is -2.35. The maximum atomic E-state index is 2.57. The van der Waals surface area contributed by atoms with Crippen LogP contribution in [0.3, 0.4) is 0 Å². The molecule has 0 unspecified atom stereocenters. The Morgan fingerprint density at radius 1 is 1.00 bits per heavy atom. The Morgan fingerprint density at radius 3 is 2.47 bits per heavy atom. The molecule has 0 atom stereocenters. The second-order valence-corrected chi connectivity index (χ2v) is 6.13. The Hall–Kier alpha value is -0.670. The van der Waals surface area contributed by atoms with Gasteiger partial charge in [-0.3, -0.25) is 0 Å². The first-order chi connectivity index (χ1) is 8.25. The number of thioether (sulfide) groups is 1. The summed E-state index contributed by atoms with van der Waals surface area (Å²) in [5, 5.41) is 0. The SMILES string of the molecule is Cc1ccc(N2CCN(C)CC2)c2c1CSC2. The second-order valence-electron chi connectivity index (χ2n) is 5.14. The number of piperazine rings is 1. The molecule has 1 aromatic carbocycles. The van der Waals surface area contributed by atoms with Gasteiger partial charge in [-0.2, -0.15) is 11.8 Å². The van der Waals surface area contributed by atoms with Gasteiger partial charge in [0.05, 0.1) is 0 Å². The molecule has 17 heavy (non-hydrogen) atoms. The van der Waals surface area contributed by atoms with Crippen molar-refractivity contribution in [2.45, 2.75) is 18.4 Å². The van der Waals surface area contributed by atoms with Crippen LogP contribution in [0.2, 0.25) is 0 Å². The van der Waals surface area contributed by atoms with Crippen LogP contribution in [-0.2, 0) is 11.5 Å². The smallest absolute Gasteiger partial charge is 0.0411 e. The van der Waals surface area contributed by atoms with Crippen molar-refractivity contribution in [1.82, 2.24) is 4.90 Å². The van der Waals surface area contributed by atoms with Crippen molar-refractivity contribution in [2.24, 2.45) is 0 Å². The fraction of sp³-hybridized carbons (Fsp3) is 0.571. The Morgan fingerprint density at radius 2 is 1.71 bits per heavy atom. The van der Waals surface area contributed by atoms with E-state index in [0.29, 0.717) is 0 Å². The van der Waals surface area contributed by atoms with E-state index in [2.05, 4.69) is 47.7 Å². The van der Waals surface area contributed by atoms with Gasteiger partial charge in [0.2, 0.25) is 0 Å². The van der Waals surface area contributed by atoms with Crippen molar-refractivity contribution >= 4 is 17.4 Å². The largest absolute Gasteiger partial charge is 0.369 e. The van der Waals surface area contributed by atoms with Gasteiger partial charge in [0.25, 0.3) is 0 Å². The Balaban J connectivity index is 1.91. The molecule has 0 spiro atoms. The van der Waals surface area contributed by atoms with Gasteiger partial charge in [-0.15, -0.1) is 0 Å². The molecule has 0 aliphatic carbocycles. The molecule has 1 saturated heterocycles. The van der Waals surface area contributed by atoms with Gasteiger partial charge in [0.1, 0.15) is 0 Å². The molecule has 2 heterocycles. The van der Waals surface area contributed by atoms with Crippen molar-refractivity contribution < 1.29 is 0 Å². The third kappa shape index (κ3) is 2.06. The fourth-order valence-electron chi connectivity index (χ4n) is 2.76. The molecule has 2 nitrogen and oxygen atoms in total. The van der Waals surface area contributed by atoms with Gasteiger partial charge >= 0.3 is 0 Å². The molecule has 0 bridgehead atoms. The van der Waals surface area contributed by atoms with Gasteiger partial charge in [0.15, 0.2) is 0 Å². The van der Waals surface area contributed by atoms with E-state index in [4.69, 9.17) is 0 Å². The highest BCUT2D eigenvalue weighted by Gasteiger charge is 2.22. The van der Waals surface area contributed by atoms with Gasteiger partial charge < -0.3 is 9.80 Å². The van der Waals surface area contributed by atoms with Crippen molar-refractivity contribution in [1.29, 1.82) is 0 Å². The normalized spacial score (nSPS) is 20.7. The summed E-state index contributed by atoms with van der Waals surface area (Å²) in [6, 6.07) is 4.64. The number of aryl methyl sites for hydroxylation is 1. The van der Waals surface area contributed by atoms with Crippen LogP contribution in [-0.4, -0.2) is 38.1 Å². The number of nitrogens with zero attached hydrogens (tertiary/aromatic N) is 2. The molecule has 0 radical (unpaired) electrons. The van der Waals surface area contributed by atoms with Gasteiger partial charge in [-0.05, 0) is 36.7 Å². The Labute approximate surface area is 108 Å². The number of anilines is 1. The van der Waals surface area contributed by atoms with Crippen LogP contribution in [0.25, 0.3) is 0 Å². The predicted molar refractivity (Wildman–Crippen MR) is 75.9 cm³/mol. The second kappa shape index (κ2) is 4.54. The third-order valence-electron chi connectivity index (χ3n) is 3.98. The zero-order valence-corrected chi connectivity index (χ0v) is 11.5. The summed E-state index contributed by atoms with van der Waals surface area (Å²) in [6.45, 7) is 6.98. The van der Waals surface area contributed by atoms with Crippen LogP contribution in [0, 0.1) is 6.92 Å². The third-order valence-corrected chi connectivity index (χ3v) is 4.96. The monoisotopic (exact) mass is 248 g/mol. The minimum absolute atomic E-state index is 1.18. The highest BCUT2D eigenvalue weighted by Crippen LogP contribution is 2.38. The molecule has 1 fully saturated rings. The van der Waals surface area contributed by atoms with Crippen LogP contribution in [0.5, 0.6) is 0 Å². The summed E-state index contributed by atoms with van der Waals surface area (Å²) in [7, 11) is 2.22. The van der Waals surface area contributed by atoms with Crippen LogP contribution >= 0.6 is 11.8 Å². The standard InChI is InChI=1S/C14H20N2S/c1-11-3-4-14(13-10-17-9-12(11)13)16-7-5-15(2)6-8-16/h3-4H,5-10H2,1-2H3. The van der Waals surface area contributed by atoms with E-state index in [1.807, 2.05) is 0 Å². The topological polar surface area (TPSA) is 6.48 Å². The van der Waals surface area contributed by atoms with Crippen LogP contribution in [0.15, 0.2) is 12.1 Å². The molecular formula is C14H20N2S. The molecule has 0 aromatic heterocycles. The van der Waals surface area contributed by atoms with E-state index in [1.165, 1.54) is 48.9 Å². The zero-order chi connectivity index (χ0) is 11.8. The fourth-order valence-corrected chi connectivity index (χ4v) is 3.99. The number of likely N-dealkylation sites (N-methyl/N-ethyl adjacent to an activating group) is 1. The lowest BCUT2D eigenvalue weighted by molar-refractivity contribution is 0.312. The average molecular weight is 248 g/mol. The molecule has 0 N–H and O–H groups in total. The quantitative estimate of drug-likeness (QED) is 0.754. The summed E-state index contributed by atoms with van der Waals surface area (Å²) in [4.78, 5) is 4.99. The summed E-state index contributed by atoms with van der Waals surface area (Å²) in [5.74, 6) is 2.42. The van der Waals surface area contributed by atoms with Crippen LogP contribution in [0.4, 0.5) is 5.69 Å². The van der Waals surface area contributed by atoms with E-state index in [1.54, 1.807) is 11.1 Å². The van der Waals surface area contributed by atoms with Gasteiger partial charge in [0, 0.05) is 43.4 Å².